The van der Waals surface area contributed by atoms with Crippen LogP contribution in [0, 0.1) is 6.92 Å². The van der Waals surface area contributed by atoms with E-state index in [2.05, 4.69) is 30.1 Å². The molecule has 2 N–H and O–H groups in total. The maximum atomic E-state index is 11.1. The first kappa shape index (κ1) is 18.5. The van der Waals surface area contributed by atoms with Crippen molar-refractivity contribution in [2.75, 3.05) is 0 Å². The summed E-state index contributed by atoms with van der Waals surface area (Å²) >= 11 is 0. The van der Waals surface area contributed by atoms with Crippen molar-refractivity contribution in [3.63, 3.8) is 0 Å². The molecule has 1 aliphatic rings. The summed E-state index contributed by atoms with van der Waals surface area (Å²) in [7, 11) is 0. The highest BCUT2D eigenvalue weighted by Gasteiger charge is 2.27. The van der Waals surface area contributed by atoms with Crippen LogP contribution in [0.3, 0.4) is 0 Å². The molecule has 5 heteroatoms. The number of phenolic OH excluding ortho intramolecular Hbond substituents is 2. The van der Waals surface area contributed by atoms with Gasteiger partial charge in [-0.3, -0.25) is 0 Å². The van der Waals surface area contributed by atoms with Gasteiger partial charge in [0.2, 0.25) is 11.7 Å². The molecule has 0 bridgehead atoms. The maximum absolute atomic E-state index is 11.1. The Morgan fingerprint density at radius 1 is 1.23 bits per heavy atom. The third-order valence-electron chi connectivity index (χ3n) is 5.14. The molecular weight excluding hydrogens is 328 g/mol. The number of rotatable bonds is 6. The zero-order valence-corrected chi connectivity index (χ0v) is 15.9. The second-order valence-corrected chi connectivity index (χ2v) is 7.30. The van der Waals surface area contributed by atoms with E-state index >= 15 is 0 Å². The van der Waals surface area contributed by atoms with Crippen LogP contribution in [-0.2, 0) is 6.42 Å². The van der Waals surface area contributed by atoms with Crippen LogP contribution >= 0.6 is 0 Å². The van der Waals surface area contributed by atoms with Crippen LogP contribution in [0.5, 0.6) is 11.5 Å². The number of phenols is 2. The fraction of sp³-hybridized carbons (Fsp3) is 0.524. The minimum atomic E-state index is 0.0141. The van der Waals surface area contributed by atoms with Crippen LogP contribution in [0.15, 0.2) is 22.2 Å². The van der Waals surface area contributed by atoms with E-state index in [4.69, 9.17) is 4.52 Å². The average Bonchev–Trinajstić information content (AvgIpc) is 3.01. The third-order valence-corrected chi connectivity index (χ3v) is 5.14. The molecule has 0 radical (unpaired) electrons. The number of aromatic nitrogens is 2. The van der Waals surface area contributed by atoms with Gasteiger partial charge in [0.25, 0.3) is 0 Å². The number of allylic oxidation sites excluding steroid dienone is 2. The highest BCUT2D eigenvalue weighted by atomic mass is 16.5. The third kappa shape index (κ3) is 3.76. The Morgan fingerprint density at radius 3 is 2.69 bits per heavy atom. The number of unbranched alkanes of at least 4 members (excludes halogenated alkanes) is 2. The lowest BCUT2D eigenvalue weighted by atomic mass is 9.83. The molecule has 3 rings (SSSR count). The quantitative estimate of drug-likeness (QED) is 0.535. The Labute approximate surface area is 154 Å². The molecule has 1 aliphatic carbocycles. The summed E-state index contributed by atoms with van der Waals surface area (Å²) in [6.45, 7) is 5.99. The molecule has 0 fully saturated rings. The smallest absolute Gasteiger partial charge is 0.223 e. The van der Waals surface area contributed by atoms with E-state index in [0.717, 1.165) is 50.5 Å². The molecule has 140 valence electrons. The SMILES string of the molecule is CCCCCc1cc(O)c(C2C=C(C)CCC2)c(O)c1-c1noc(C)n1. The molecule has 0 saturated heterocycles. The first-order chi connectivity index (χ1) is 12.5. The Hall–Kier alpha value is -2.30. The predicted molar refractivity (Wildman–Crippen MR) is 101 cm³/mol. The summed E-state index contributed by atoms with van der Waals surface area (Å²) < 4.78 is 5.14. The number of aromatic hydroxyl groups is 2. The zero-order valence-electron chi connectivity index (χ0n) is 15.9. The maximum Gasteiger partial charge on any atom is 0.223 e. The van der Waals surface area contributed by atoms with Crippen molar-refractivity contribution < 1.29 is 14.7 Å². The summed E-state index contributed by atoms with van der Waals surface area (Å²) in [4.78, 5) is 4.33. The second-order valence-electron chi connectivity index (χ2n) is 7.30. The predicted octanol–water partition coefficient (Wildman–Crippen LogP) is 5.40. The Morgan fingerprint density at radius 2 is 2.04 bits per heavy atom. The fourth-order valence-corrected chi connectivity index (χ4v) is 3.84. The van der Waals surface area contributed by atoms with Gasteiger partial charge in [-0.05, 0) is 50.7 Å². The number of aryl methyl sites for hydroxylation is 2. The van der Waals surface area contributed by atoms with Crippen molar-refractivity contribution in [2.24, 2.45) is 0 Å². The van der Waals surface area contributed by atoms with E-state index in [9.17, 15) is 10.2 Å². The van der Waals surface area contributed by atoms with Crippen molar-refractivity contribution in [3.05, 3.63) is 34.7 Å². The molecule has 5 nitrogen and oxygen atoms in total. The van der Waals surface area contributed by atoms with Crippen LogP contribution in [0.4, 0.5) is 0 Å². The molecule has 1 aromatic heterocycles. The van der Waals surface area contributed by atoms with Crippen LogP contribution < -0.4 is 0 Å². The summed E-state index contributed by atoms with van der Waals surface area (Å²) in [5, 5.41) is 25.8. The number of hydrogen-bond acceptors (Lipinski definition) is 5. The van der Waals surface area contributed by atoms with Crippen molar-refractivity contribution in [2.45, 2.75) is 71.6 Å². The molecule has 1 unspecified atom stereocenters. The first-order valence-corrected chi connectivity index (χ1v) is 9.57. The highest BCUT2D eigenvalue weighted by Crippen LogP contribution is 2.46. The molecule has 0 aliphatic heterocycles. The van der Waals surface area contributed by atoms with Crippen LogP contribution in [-0.4, -0.2) is 20.4 Å². The zero-order chi connectivity index (χ0) is 18.7. The molecular formula is C21H28N2O3. The lowest BCUT2D eigenvalue weighted by molar-refractivity contribution is 0.393. The second kappa shape index (κ2) is 7.94. The highest BCUT2D eigenvalue weighted by molar-refractivity contribution is 5.73. The molecule has 1 atom stereocenters. The Kier molecular flexibility index (Phi) is 5.64. The normalized spacial score (nSPS) is 17.3. The molecule has 1 aromatic carbocycles. The van der Waals surface area contributed by atoms with E-state index in [-0.39, 0.29) is 17.4 Å². The molecule has 0 saturated carbocycles. The molecule has 26 heavy (non-hydrogen) atoms. The number of hydrogen-bond donors (Lipinski definition) is 2. The van der Waals surface area contributed by atoms with Gasteiger partial charge in [-0.2, -0.15) is 4.98 Å². The van der Waals surface area contributed by atoms with Gasteiger partial charge < -0.3 is 14.7 Å². The van der Waals surface area contributed by atoms with E-state index < -0.39 is 0 Å². The van der Waals surface area contributed by atoms with Crippen molar-refractivity contribution in [1.29, 1.82) is 0 Å². The lowest BCUT2D eigenvalue weighted by Gasteiger charge is -2.23. The van der Waals surface area contributed by atoms with Gasteiger partial charge in [0.15, 0.2) is 0 Å². The van der Waals surface area contributed by atoms with Gasteiger partial charge in [0.1, 0.15) is 11.5 Å². The Bertz CT molecular complexity index is 808. The van der Waals surface area contributed by atoms with Crippen LogP contribution in [0.2, 0.25) is 0 Å². The van der Waals surface area contributed by atoms with E-state index in [0.29, 0.717) is 22.8 Å². The number of nitrogens with zero attached hydrogens (tertiary/aromatic N) is 2. The minimum absolute atomic E-state index is 0.0141. The largest absolute Gasteiger partial charge is 0.507 e. The lowest BCUT2D eigenvalue weighted by Crippen LogP contribution is -2.05. The summed E-state index contributed by atoms with van der Waals surface area (Å²) in [6, 6.07) is 1.78. The summed E-state index contributed by atoms with van der Waals surface area (Å²) in [6.07, 6.45) is 9.15. The summed E-state index contributed by atoms with van der Waals surface area (Å²) in [5.74, 6) is 1.12. The van der Waals surface area contributed by atoms with Crippen molar-refractivity contribution in [1.82, 2.24) is 10.1 Å². The first-order valence-electron chi connectivity index (χ1n) is 9.57. The molecule has 2 aromatic rings. The molecule has 0 spiro atoms. The molecule has 0 amide bonds. The number of benzene rings is 1. The standard InChI is InChI=1S/C21H28N2O3/c1-4-5-6-9-16-12-17(24)18(15-10-7-8-13(2)11-15)20(25)19(16)21-22-14(3)26-23-21/h11-12,15,24-25H,4-10H2,1-3H3. The van der Waals surface area contributed by atoms with Crippen molar-refractivity contribution >= 4 is 0 Å². The van der Waals surface area contributed by atoms with Gasteiger partial charge >= 0.3 is 0 Å². The van der Waals surface area contributed by atoms with Gasteiger partial charge in [0, 0.05) is 18.4 Å². The van der Waals surface area contributed by atoms with Gasteiger partial charge in [-0.25, -0.2) is 0 Å². The van der Waals surface area contributed by atoms with E-state index in [1.807, 2.05) is 0 Å². The van der Waals surface area contributed by atoms with Gasteiger partial charge in [-0.1, -0.05) is 36.6 Å². The van der Waals surface area contributed by atoms with E-state index in [1.54, 1.807) is 13.0 Å². The van der Waals surface area contributed by atoms with E-state index in [1.165, 1.54) is 5.57 Å². The van der Waals surface area contributed by atoms with Crippen LogP contribution in [0.1, 0.15) is 75.3 Å². The average molecular weight is 356 g/mol. The monoisotopic (exact) mass is 356 g/mol. The topological polar surface area (TPSA) is 79.4 Å². The molecule has 1 heterocycles. The van der Waals surface area contributed by atoms with Crippen molar-refractivity contribution in [3.8, 4) is 22.9 Å². The van der Waals surface area contributed by atoms with Crippen LogP contribution in [0.25, 0.3) is 11.4 Å². The fourth-order valence-electron chi connectivity index (χ4n) is 3.84. The van der Waals surface area contributed by atoms with Gasteiger partial charge in [0.05, 0.1) is 5.56 Å². The van der Waals surface area contributed by atoms with Gasteiger partial charge in [-0.15, -0.1) is 0 Å². The minimum Gasteiger partial charge on any atom is -0.507 e. The summed E-state index contributed by atoms with van der Waals surface area (Å²) in [5.41, 5.74) is 3.35. The Balaban J connectivity index is 2.11.